The van der Waals surface area contributed by atoms with Gasteiger partial charge in [-0.1, -0.05) is 6.07 Å². The zero-order valence-corrected chi connectivity index (χ0v) is 16.4. The number of rotatable bonds is 7. The SMILES string of the molecule is COc1cc(OC)cc(C(CC(=O)NC2CC2)c2cnc3c(C)cccn23)c1. The van der Waals surface area contributed by atoms with E-state index in [0.29, 0.717) is 24.0 Å². The van der Waals surface area contributed by atoms with Gasteiger partial charge in [-0.05, 0) is 49.1 Å². The zero-order chi connectivity index (χ0) is 19.7. The molecule has 1 N–H and O–H groups in total. The molecule has 1 saturated carbocycles. The number of aryl methyl sites for hydroxylation is 1. The topological polar surface area (TPSA) is 64.9 Å². The Labute approximate surface area is 164 Å². The Kier molecular flexibility index (Phi) is 4.94. The van der Waals surface area contributed by atoms with Crippen molar-refractivity contribution < 1.29 is 14.3 Å². The van der Waals surface area contributed by atoms with Crippen molar-refractivity contribution in [3.8, 4) is 11.5 Å². The maximum atomic E-state index is 12.7. The van der Waals surface area contributed by atoms with Gasteiger partial charge >= 0.3 is 0 Å². The standard InChI is InChI=1S/C22H25N3O3/c1-14-5-4-8-25-20(13-23-22(14)25)19(12-21(26)24-16-6-7-16)15-9-17(27-2)11-18(10-15)28-3/h4-5,8-11,13,16,19H,6-7,12H2,1-3H3,(H,24,26). The van der Waals surface area contributed by atoms with Gasteiger partial charge < -0.3 is 19.2 Å². The fraction of sp³-hybridized carbons (Fsp3) is 0.364. The number of methoxy groups -OCH3 is 2. The first-order valence-corrected chi connectivity index (χ1v) is 9.54. The van der Waals surface area contributed by atoms with E-state index in [1.807, 2.05) is 49.6 Å². The Morgan fingerprint density at radius 2 is 1.96 bits per heavy atom. The molecule has 1 amide bonds. The molecule has 1 fully saturated rings. The molecule has 4 rings (SSSR count). The average molecular weight is 379 g/mol. The molecule has 0 saturated heterocycles. The lowest BCUT2D eigenvalue weighted by molar-refractivity contribution is -0.121. The minimum Gasteiger partial charge on any atom is -0.497 e. The van der Waals surface area contributed by atoms with Crippen LogP contribution in [0.1, 0.15) is 42.0 Å². The maximum Gasteiger partial charge on any atom is 0.221 e. The molecule has 2 aromatic heterocycles. The fourth-order valence-corrected chi connectivity index (χ4v) is 3.55. The third-order valence-corrected chi connectivity index (χ3v) is 5.22. The Hall–Kier alpha value is -3.02. The molecular weight excluding hydrogens is 354 g/mol. The normalized spacial score (nSPS) is 14.7. The Balaban J connectivity index is 1.79. The van der Waals surface area contributed by atoms with Crippen LogP contribution in [0.5, 0.6) is 11.5 Å². The van der Waals surface area contributed by atoms with Crippen molar-refractivity contribution in [2.45, 2.75) is 38.1 Å². The van der Waals surface area contributed by atoms with Crippen molar-refractivity contribution in [2.75, 3.05) is 14.2 Å². The maximum absolute atomic E-state index is 12.7. The number of aromatic nitrogens is 2. The zero-order valence-electron chi connectivity index (χ0n) is 16.4. The molecule has 0 aliphatic heterocycles. The molecule has 0 radical (unpaired) electrons. The largest absolute Gasteiger partial charge is 0.497 e. The summed E-state index contributed by atoms with van der Waals surface area (Å²) >= 11 is 0. The predicted molar refractivity (Wildman–Crippen MR) is 107 cm³/mol. The molecule has 1 unspecified atom stereocenters. The van der Waals surface area contributed by atoms with Gasteiger partial charge in [-0.15, -0.1) is 0 Å². The van der Waals surface area contributed by atoms with Gasteiger partial charge in [0, 0.05) is 36.8 Å². The molecular formula is C22H25N3O3. The number of fused-ring (bicyclic) bond motifs is 1. The van der Waals surface area contributed by atoms with Crippen LogP contribution >= 0.6 is 0 Å². The van der Waals surface area contributed by atoms with Crippen LogP contribution < -0.4 is 14.8 Å². The molecule has 1 aliphatic carbocycles. The van der Waals surface area contributed by atoms with Crippen molar-refractivity contribution in [1.29, 1.82) is 0 Å². The lowest BCUT2D eigenvalue weighted by Crippen LogP contribution is -2.27. The van der Waals surface area contributed by atoms with Crippen LogP contribution in [-0.4, -0.2) is 35.6 Å². The second-order valence-corrected chi connectivity index (χ2v) is 7.31. The molecule has 1 aliphatic rings. The number of hydrogen-bond acceptors (Lipinski definition) is 4. The number of carbonyl (C=O) groups excluding carboxylic acids is 1. The molecule has 146 valence electrons. The summed E-state index contributed by atoms with van der Waals surface area (Å²) in [6.07, 6.45) is 6.34. The molecule has 6 nitrogen and oxygen atoms in total. The molecule has 0 spiro atoms. The van der Waals surface area contributed by atoms with Crippen LogP contribution in [-0.2, 0) is 4.79 Å². The highest BCUT2D eigenvalue weighted by Crippen LogP contribution is 2.34. The number of imidazole rings is 1. The van der Waals surface area contributed by atoms with Gasteiger partial charge in [0.05, 0.1) is 19.9 Å². The van der Waals surface area contributed by atoms with Crippen LogP contribution in [0.15, 0.2) is 42.7 Å². The van der Waals surface area contributed by atoms with Gasteiger partial charge in [-0.25, -0.2) is 4.98 Å². The number of nitrogens with one attached hydrogen (secondary N) is 1. The van der Waals surface area contributed by atoms with E-state index < -0.39 is 0 Å². The molecule has 3 aromatic rings. The lowest BCUT2D eigenvalue weighted by atomic mass is 9.91. The number of carbonyl (C=O) groups is 1. The molecule has 2 heterocycles. The molecule has 1 aromatic carbocycles. The number of amides is 1. The highest BCUT2D eigenvalue weighted by molar-refractivity contribution is 5.78. The van der Waals surface area contributed by atoms with E-state index in [4.69, 9.17) is 9.47 Å². The van der Waals surface area contributed by atoms with Gasteiger partial charge in [0.2, 0.25) is 5.91 Å². The van der Waals surface area contributed by atoms with Crippen LogP contribution in [0.2, 0.25) is 0 Å². The summed E-state index contributed by atoms with van der Waals surface area (Å²) in [5, 5.41) is 3.10. The van der Waals surface area contributed by atoms with Gasteiger partial charge in [0.15, 0.2) is 0 Å². The number of hydrogen-bond donors (Lipinski definition) is 1. The first kappa shape index (κ1) is 18.3. The van der Waals surface area contributed by atoms with E-state index in [2.05, 4.69) is 14.7 Å². The Morgan fingerprint density at radius 1 is 1.25 bits per heavy atom. The van der Waals surface area contributed by atoms with Gasteiger partial charge in [-0.3, -0.25) is 4.79 Å². The number of ether oxygens (including phenoxy) is 2. The highest BCUT2D eigenvalue weighted by atomic mass is 16.5. The summed E-state index contributed by atoms with van der Waals surface area (Å²) in [5.74, 6) is 1.29. The fourth-order valence-electron chi connectivity index (χ4n) is 3.55. The van der Waals surface area contributed by atoms with Gasteiger partial charge in [-0.2, -0.15) is 0 Å². The van der Waals surface area contributed by atoms with Crippen molar-refractivity contribution >= 4 is 11.6 Å². The number of nitrogens with zero attached hydrogens (tertiary/aromatic N) is 2. The highest BCUT2D eigenvalue weighted by Gasteiger charge is 2.27. The van der Waals surface area contributed by atoms with E-state index in [1.165, 1.54) is 0 Å². The summed E-state index contributed by atoms with van der Waals surface area (Å²) in [4.78, 5) is 17.3. The number of benzene rings is 1. The molecule has 28 heavy (non-hydrogen) atoms. The predicted octanol–water partition coefficient (Wildman–Crippen LogP) is 3.46. The number of pyridine rings is 1. The van der Waals surface area contributed by atoms with E-state index in [0.717, 1.165) is 35.3 Å². The van der Waals surface area contributed by atoms with E-state index >= 15 is 0 Å². The smallest absolute Gasteiger partial charge is 0.221 e. The van der Waals surface area contributed by atoms with Crippen LogP contribution in [0.25, 0.3) is 5.65 Å². The lowest BCUT2D eigenvalue weighted by Gasteiger charge is -2.19. The van der Waals surface area contributed by atoms with Crippen molar-refractivity contribution in [3.63, 3.8) is 0 Å². The molecule has 1 atom stereocenters. The molecule has 6 heteroatoms. The van der Waals surface area contributed by atoms with Crippen molar-refractivity contribution in [1.82, 2.24) is 14.7 Å². The first-order valence-electron chi connectivity index (χ1n) is 9.54. The quantitative estimate of drug-likeness (QED) is 0.683. The minimum absolute atomic E-state index is 0.0527. The van der Waals surface area contributed by atoms with Gasteiger partial charge in [0.1, 0.15) is 17.1 Å². The average Bonchev–Trinajstić information content (AvgIpc) is 3.41. The summed E-state index contributed by atoms with van der Waals surface area (Å²) in [5.41, 5.74) is 3.93. The summed E-state index contributed by atoms with van der Waals surface area (Å²) in [6.45, 7) is 2.04. The monoisotopic (exact) mass is 379 g/mol. The minimum atomic E-state index is -0.167. The Morgan fingerprint density at radius 3 is 2.61 bits per heavy atom. The van der Waals surface area contributed by atoms with Crippen molar-refractivity contribution in [2.24, 2.45) is 0 Å². The van der Waals surface area contributed by atoms with Crippen LogP contribution in [0.3, 0.4) is 0 Å². The first-order chi connectivity index (χ1) is 13.6. The third-order valence-electron chi connectivity index (χ3n) is 5.22. The van der Waals surface area contributed by atoms with E-state index in [-0.39, 0.29) is 11.8 Å². The molecule has 0 bridgehead atoms. The van der Waals surface area contributed by atoms with E-state index in [1.54, 1.807) is 14.2 Å². The van der Waals surface area contributed by atoms with Gasteiger partial charge in [0.25, 0.3) is 0 Å². The van der Waals surface area contributed by atoms with E-state index in [9.17, 15) is 4.79 Å². The second-order valence-electron chi connectivity index (χ2n) is 7.31. The summed E-state index contributed by atoms with van der Waals surface area (Å²) in [7, 11) is 3.26. The third kappa shape index (κ3) is 3.67. The van der Waals surface area contributed by atoms with Crippen LogP contribution in [0, 0.1) is 6.92 Å². The van der Waals surface area contributed by atoms with Crippen LogP contribution in [0.4, 0.5) is 0 Å². The summed E-state index contributed by atoms with van der Waals surface area (Å²) < 4.78 is 13.0. The Bertz CT molecular complexity index is 985. The van der Waals surface area contributed by atoms with Crippen molar-refractivity contribution in [3.05, 3.63) is 59.5 Å². The second kappa shape index (κ2) is 7.54. The summed E-state index contributed by atoms with van der Waals surface area (Å²) in [6, 6.07) is 10.1.